The van der Waals surface area contributed by atoms with Crippen molar-refractivity contribution in [2.75, 3.05) is 25.9 Å². The number of rotatable bonds is 3. The topological polar surface area (TPSA) is 38.5 Å². The van der Waals surface area contributed by atoms with Crippen LogP contribution in [0.4, 0.5) is 5.69 Å². The molecule has 0 aromatic heterocycles. The summed E-state index contributed by atoms with van der Waals surface area (Å²) in [6.45, 7) is 3.24. The van der Waals surface area contributed by atoms with Gasteiger partial charge in [0.1, 0.15) is 0 Å². The number of methoxy groups -OCH3 is 1. The molecule has 17 heavy (non-hydrogen) atoms. The predicted molar refractivity (Wildman–Crippen MR) is 73.4 cm³/mol. The zero-order chi connectivity index (χ0) is 11.4. The maximum atomic E-state index is 5.77. The fourth-order valence-corrected chi connectivity index (χ4v) is 2.25. The highest BCUT2D eigenvalue weighted by atomic mass is 35.5. The van der Waals surface area contributed by atoms with E-state index in [4.69, 9.17) is 10.5 Å². The number of hydrogen-bond donors (Lipinski definition) is 1. The molecule has 0 atom stereocenters. The van der Waals surface area contributed by atoms with Crippen molar-refractivity contribution in [2.45, 2.75) is 25.5 Å². The molecule has 0 unspecified atom stereocenters. The minimum atomic E-state index is 0. The van der Waals surface area contributed by atoms with E-state index in [0.717, 1.165) is 38.2 Å². The highest BCUT2D eigenvalue weighted by Gasteiger charge is 2.18. The van der Waals surface area contributed by atoms with Crippen molar-refractivity contribution in [1.29, 1.82) is 0 Å². The van der Waals surface area contributed by atoms with Gasteiger partial charge in [-0.15, -0.1) is 12.4 Å². The molecule has 1 fully saturated rings. The molecule has 1 aliphatic heterocycles. The molecule has 1 aromatic carbocycles. The van der Waals surface area contributed by atoms with E-state index >= 15 is 0 Å². The van der Waals surface area contributed by atoms with Gasteiger partial charge in [0.25, 0.3) is 0 Å². The van der Waals surface area contributed by atoms with Gasteiger partial charge in [0.15, 0.2) is 0 Å². The van der Waals surface area contributed by atoms with Crippen molar-refractivity contribution in [3.8, 4) is 0 Å². The average molecular weight is 257 g/mol. The normalized spacial score (nSPS) is 17.7. The van der Waals surface area contributed by atoms with Crippen LogP contribution in [0.15, 0.2) is 24.3 Å². The second-order valence-corrected chi connectivity index (χ2v) is 4.46. The largest absolute Gasteiger partial charge is 0.399 e. The Bertz CT molecular complexity index is 338. The zero-order valence-corrected chi connectivity index (χ0v) is 11.1. The summed E-state index contributed by atoms with van der Waals surface area (Å²) in [6, 6.07) is 8.15. The van der Waals surface area contributed by atoms with Gasteiger partial charge in [-0.2, -0.15) is 0 Å². The molecule has 2 N–H and O–H groups in total. The molecule has 0 aliphatic carbocycles. The summed E-state index contributed by atoms with van der Waals surface area (Å²) in [5.74, 6) is 0. The summed E-state index contributed by atoms with van der Waals surface area (Å²) in [5.41, 5.74) is 7.92. The van der Waals surface area contributed by atoms with Crippen molar-refractivity contribution in [3.63, 3.8) is 0 Å². The first-order chi connectivity index (χ1) is 7.78. The van der Waals surface area contributed by atoms with E-state index in [9.17, 15) is 0 Å². The van der Waals surface area contributed by atoms with E-state index in [2.05, 4.69) is 17.0 Å². The SMILES string of the molecule is COC1CCN(Cc2cccc(N)c2)CC1.Cl. The van der Waals surface area contributed by atoms with Crippen LogP contribution in [0.2, 0.25) is 0 Å². The van der Waals surface area contributed by atoms with Crippen LogP contribution in [-0.4, -0.2) is 31.2 Å². The summed E-state index contributed by atoms with van der Waals surface area (Å²) < 4.78 is 5.36. The number of hydrogen-bond acceptors (Lipinski definition) is 3. The molecule has 0 saturated carbocycles. The molecule has 1 saturated heterocycles. The van der Waals surface area contributed by atoms with Crippen molar-refractivity contribution in [1.82, 2.24) is 4.90 Å². The van der Waals surface area contributed by atoms with Crippen molar-refractivity contribution in [3.05, 3.63) is 29.8 Å². The molecular formula is C13H21ClN2O. The van der Waals surface area contributed by atoms with Gasteiger partial charge in [0.2, 0.25) is 0 Å². The number of nitrogens with zero attached hydrogens (tertiary/aromatic N) is 1. The Labute approximate surface area is 109 Å². The maximum absolute atomic E-state index is 5.77. The third kappa shape index (κ3) is 4.19. The summed E-state index contributed by atoms with van der Waals surface area (Å²) in [4.78, 5) is 2.46. The third-order valence-corrected chi connectivity index (χ3v) is 3.23. The van der Waals surface area contributed by atoms with Gasteiger partial charge in [-0.3, -0.25) is 4.90 Å². The van der Waals surface area contributed by atoms with Crippen molar-refractivity contribution in [2.24, 2.45) is 0 Å². The molecule has 96 valence electrons. The first-order valence-electron chi connectivity index (χ1n) is 5.87. The van der Waals surface area contributed by atoms with Gasteiger partial charge < -0.3 is 10.5 Å². The second-order valence-electron chi connectivity index (χ2n) is 4.46. The number of ether oxygens (including phenoxy) is 1. The highest BCUT2D eigenvalue weighted by Crippen LogP contribution is 2.16. The van der Waals surface area contributed by atoms with Crippen LogP contribution in [-0.2, 0) is 11.3 Å². The predicted octanol–water partition coefficient (Wildman–Crippen LogP) is 2.30. The number of piperidine rings is 1. The van der Waals surface area contributed by atoms with E-state index in [0.29, 0.717) is 6.10 Å². The number of nitrogen functional groups attached to an aromatic ring is 1. The Kier molecular flexibility index (Phi) is 5.75. The number of halogens is 1. The number of likely N-dealkylation sites (tertiary alicyclic amines) is 1. The average Bonchev–Trinajstić information content (AvgIpc) is 2.30. The van der Waals surface area contributed by atoms with Crippen LogP contribution in [0.5, 0.6) is 0 Å². The highest BCUT2D eigenvalue weighted by molar-refractivity contribution is 5.85. The van der Waals surface area contributed by atoms with E-state index < -0.39 is 0 Å². The second kappa shape index (κ2) is 6.84. The Hall–Kier alpha value is -0.770. The number of benzene rings is 1. The number of nitrogens with two attached hydrogens (primary N) is 1. The van der Waals surface area contributed by atoms with Crippen LogP contribution in [0.25, 0.3) is 0 Å². The Morgan fingerprint density at radius 2 is 2.06 bits per heavy atom. The molecule has 2 rings (SSSR count). The zero-order valence-electron chi connectivity index (χ0n) is 10.3. The first kappa shape index (κ1) is 14.3. The smallest absolute Gasteiger partial charge is 0.0595 e. The van der Waals surface area contributed by atoms with Gasteiger partial charge >= 0.3 is 0 Å². The molecule has 0 bridgehead atoms. The van der Waals surface area contributed by atoms with E-state index in [-0.39, 0.29) is 12.4 Å². The molecule has 3 nitrogen and oxygen atoms in total. The Morgan fingerprint density at radius 1 is 1.35 bits per heavy atom. The first-order valence-corrected chi connectivity index (χ1v) is 5.87. The fraction of sp³-hybridized carbons (Fsp3) is 0.538. The Balaban J connectivity index is 0.00000144. The Morgan fingerprint density at radius 3 is 2.65 bits per heavy atom. The monoisotopic (exact) mass is 256 g/mol. The van der Waals surface area contributed by atoms with Crippen LogP contribution in [0, 0.1) is 0 Å². The summed E-state index contributed by atoms with van der Waals surface area (Å²) in [7, 11) is 1.80. The molecular weight excluding hydrogens is 236 g/mol. The van der Waals surface area contributed by atoms with Gasteiger partial charge in [0.05, 0.1) is 6.10 Å². The summed E-state index contributed by atoms with van der Waals surface area (Å²) >= 11 is 0. The fourth-order valence-electron chi connectivity index (χ4n) is 2.25. The van der Waals surface area contributed by atoms with E-state index in [1.807, 2.05) is 12.1 Å². The maximum Gasteiger partial charge on any atom is 0.0595 e. The van der Waals surface area contributed by atoms with Crippen molar-refractivity contribution < 1.29 is 4.74 Å². The lowest BCUT2D eigenvalue weighted by Gasteiger charge is -2.31. The lowest BCUT2D eigenvalue weighted by molar-refractivity contribution is 0.0389. The van der Waals surface area contributed by atoms with E-state index in [1.54, 1.807) is 7.11 Å². The molecule has 4 heteroatoms. The van der Waals surface area contributed by atoms with Crippen LogP contribution >= 0.6 is 12.4 Å². The molecule has 0 radical (unpaired) electrons. The molecule has 1 aromatic rings. The summed E-state index contributed by atoms with van der Waals surface area (Å²) in [6.07, 6.45) is 2.73. The van der Waals surface area contributed by atoms with E-state index in [1.165, 1.54) is 5.56 Å². The third-order valence-electron chi connectivity index (χ3n) is 3.23. The summed E-state index contributed by atoms with van der Waals surface area (Å²) in [5, 5.41) is 0. The molecule has 1 heterocycles. The number of anilines is 1. The van der Waals surface area contributed by atoms with Gasteiger partial charge in [0, 0.05) is 32.4 Å². The minimum absolute atomic E-state index is 0. The molecule has 0 amide bonds. The minimum Gasteiger partial charge on any atom is -0.399 e. The lowest BCUT2D eigenvalue weighted by atomic mass is 10.1. The standard InChI is InChI=1S/C13H20N2O.ClH/c1-16-13-5-7-15(8-6-13)10-11-3-2-4-12(14)9-11;/h2-4,9,13H,5-8,10,14H2,1H3;1H. The van der Waals surface area contributed by atoms with Gasteiger partial charge in [-0.05, 0) is 30.5 Å². The molecule has 1 aliphatic rings. The lowest BCUT2D eigenvalue weighted by Crippen LogP contribution is -2.36. The van der Waals surface area contributed by atoms with Crippen LogP contribution in [0.3, 0.4) is 0 Å². The van der Waals surface area contributed by atoms with Gasteiger partial charge in [-0.25, -0.2) is 0 Å². The van der Waals surface area contributed by atoms with Crippen molar-refractivity contribution >= 4 is 18.1 Å². The molecule has 0 spiro atoms. The van der Waals surface area contributed by atoms with Crippen LogP contribution in [0.1, 0.15) is 18.4 Å². The van der Waals surface area contributed by atoms with Gasteiger partial charge in [-0.1, -0.05) is 12.1 Å². The van der Waals surface area contributed by atoms with Crippen LogP contribution < -0.4 is 5.73 Å². The quantitative estimate of drug-likeness (QED) is 0.844.